The third-order valence-corrected chi connectivity index (χ3v) is 7.27. The molecule has 0 bridgehead atoms. The van der Waals surface area contributed by atoms with Gasteiger partial charge in [-0.25, -0.2) is 4.98 Å². The minimum absolute atomic E-state index is 0.246. The summed E-state index contributed by atoms with van der Waals surface area (Å²) in [5.41, 5.74) is 7.55. The Hall–Kier alpha value is -3.61. The third kappa shape index (κ3) is 4.62. The normalized spacial score (nSPS) is 14.2. The zero-order chi connectivity index (χ0) is 25.2. The number of hydrogen-bond donors (Lipinski definition) is 2. The van der Waals surface area contributed by atoms with E-state index in [1.54, 1.807) is 12.3 Å². The van der Waals surface area contributed by atoms with E-state index in [9.17, 15) is 4.79 Å². The van der Waals surface area contributed by atoms with Crippen molar-refractivity contribution in [2.45, 2.75) is 13.8 Å². The molecular formula is C29H30ClN5O. The summed E-state index contributed by atoms with van der Waals surface area (Å²) in [5.74, 6) is -0.246. The molecule has 2 N–H and O–H groups in total. The van der Waals surface area contributed by atoms with Gasteiger partial charge in [-0.15, -0.1) is 0 Å². The number of aromatic amines is 1. The predicted molar refractivity (Wildman–Crippen MR) is 150 cm³/mol. The molecule has 2 aromatic carbocycles. The SMILES string of the molecule is C=CC(=O)Nc1cc(-c2c(-c3ccc(N4CCN(CC)CC4)cc3)[nH]c3nccc(Cl)c23)ccc1C. The number of fused-ring (bicyclic) bond motifs is 1. The molecule has 3 heterocycles. The predicted octanol–water partition coefficient (Wildman–Crippen LogP) is 6.13. The number of carbonyl (C=O) groups excluding carboxylic acids is 1. The van der Waals surface area contributed by atoms with Crippen LogP contribution in [0.5, 0.6) is 0 Å². The van der Waals surface area contributed by atoms with Gasteiger partial charge < -0.3 is 20.1 Å². The monoisotopic (exact) mass is 499 g/mol. The number of H-pyrrole nitrogens is 1. The van der Waals surface area contributed by atoms with E-state index in [4.69, 9.17) is 11.6 Å². The lowest BCUT2D eigenvalue weighted by Gasteiger charge is -2.35. The molecule has 2 aromatic heterocycles. The van der Waals surface area contributed by atoms with Crippen LogP contribution in [0, 0.1) is 6.92 Å². The van der Waals surface area contributed by atoms with Crippen LogP contribution in [0.25, 0.3) is 33.4 Å². The lowest BCUT2D eigenvalue weighted by atomic mass is 9.97. The molecule has 0 aliphatic carbocycles. The van der Waals surface area contributed by atoms with E-state index in [0.717, 1.165) is 77.4 Å². The molecule has 0 atom stereocenters. The summed E-state index contributed by atoms with van der Waals surface area (Å²) in [7, 11) is 0. The highest BCUT2D eigenvalue weighted by Crippen LogP contribution is 2.42. The summed E-state index contributed by atoms with van der Waals surface area (Å²) in [6, 6.07) is 16.5. The molecule has 1 aliphatic rings. The topological polar surface area (TPSA) is 64.3 Å². The van der Waals surface area contributed by atoms with Gasteiger partial charge in [-0.05, 0) is 60.5 Å². The van der Waals surface area contributed by atoms with Crippen LogP contribution in [-0.4, -0.2) is 53.5 Å². The molecule has 5 rings (SSSR count). The molecule has 1 amide bonds. The maximum Gasteiger partial charge on any atom is 0.247 e. The second kappa shape index (κ2) is 10.2. The van der Waals surface area contributed by atoms with Crippen molar-refractivity contribution in [3.8, 4) is 22.4 Å². The van der Waals surface area contributed by atoms with Crippen LogP contribution >= 0.6 is 11.6 Å². The second-order valence-electron chi connectivity index (χ2n) is 9.08. The first-order chi connectivity index (χ1) is 17.5. The Balaban J connectivity index is 1.57. The highest BCUT2D eigenvalue weighted by Gasteiger charge is 2.20. The number of anilines is 2. The van der Waals surface area contributed by atoms with Crippen LogP contribution in [-0.2, 0) is 4.79 Å². The number of likely N-dealkylation sites (N-methyl/N-ethyl adjacent to an activating group) is 1. The summed E-state index contributed by atoms with van der Waals surface area (Å²) in [6.07, 6.45) is 2.98. The van der Waals surface area contributed by atoms with Crippen molar-refractivity contribution in [3.63, 3.8) is 0 Å². The quantitative estimate of drug-likeness (QED) is 0.313. The molecule has 0 unspecified atom stereocenters. The number of halogens is 1. The van der Waals surface area contributed by atoms with E-state index in [0.29, 0.717) is 5.02 Å². The number of rotatable bonds is 6. The molecule has 6 nitrogen and oxygen atoms in total. The fraction of sp³-hybridized carbons (Fsp3) is 0.241. The molecule has 0 saturated carbocycles. The number of amides is 1. The highest BCUT2D eigenvalue weighted by atomic mass is 35.5. The second-order valence-corrected chi connectivity index (χ2v) is 9.49. The van der Waals surface area contributed by atoms with Crippen LogP contribution < -0.4 is 10.2 Å². The van der Waals surface area contributed by atoms with Gasteiger partial charge in [0.15, 0.2) is 0 Å². The lowest BCUT2D eigenvalue weighted by Crippen LogP contribution is -2.46. The minimum Gasteiger partial charge on any atom is -0.369 e. The van der Waals surface area contributed by atoms with Gasteiger partial charge in [-0.3, -0.25) is 4.79 Å². The average Bonchev–Trinajstić information content (AvgIpc) is 3.31. The molecular weight excluding hydrogens is 470 g/mol. The van der Waals surface area contributed by atoms with Crippen LogP contribution in [0.2, 0.25) is 5.02 Å². The fourth-order valence-corrected chi connectivity index (χ4v) is 5.08. The van der Waals surface area contributed by atoms with Gasteiger partial charge in [0.05, 0.1) is 10.7 Å². The Morgan fingerprint density at radius 1 is 1.11 bits per heavy atom. The number of nitrogens with zero attached hydrogens (tertiary/aromatic N) is 3. The summed E-state index contributed by atoms with van der Waals surface area (Å²) >= 11 is 6.69. The van der Waals surface area contributed by atoms with Gasteiger partial charge in [0.2, 0.25) is 5.91 Å². The smallest absolute Gasteiger partial charge is 0.247 e. The number of hydrogen-bond acceptors (Lipinski definition) is 4. The fourth-order valence-electron chi connectivity index (χ4n) is 4.84. The van der Waals surface area contributed by atoms with Crippen molar-refractivity contribution in [1.29, 1.82) is 0 Å². The van der Waals surface area contributed by atoms with Crippen molar-refractivity contribution in [2.24, 2.45) is 0 Å². The average molecular weight is 500 g/mol. The largest absolute Gasteiger partial charge is 0.369 e. The van der Waals surface area contributed by atoms with Crippen LogP contribution in [0.1, 0.15) is 12.5 Å². The summed E-state index contributed by atoms with van der Waals surface area (Å²) in [4.78, 5) is 25.0. The van der Waals surface area contributed by atoms with E-state index < -0.39 is 0 Å². The highest BCUT2D eigenvalue weighted by molar-refractivity contribution is 6.36. The van der Waals surface area contributed by atoms with E-state index in [1.807, 2.05) is 19.1 Å². The van der Waals surface area contributed by atoms with Gasteiger partial charge in [-0.1, -0.05) is 49.4 Å². The molecule has 1 saturated heterocycles. The van der Waals surface area contributed by atoms with Gasteiger partial charge in [0.25, 0.3) is 0 Å². The van der Waals surface area contributed by atoms with Gasteiger partial charge in [-0.2, -0.15) is 0 Å². The third-order valence-electron chi connectivity index (χ3n) is 6.95. The Morgan fingerprint density at radius 3 is 2.53 bits per heavy atom. The summed E-state index contributed by atoms with van der Waals surface area (Å²) in [5, 5.41) is 4.40. The van der Waals surface area contributed by atoms with Crippen LogP contribution in [0.3, 0.4) is 0 Å². The molecule has 184 valence electrons. The zero-order valence-corrected chi connectivity index (χ0v) is 21.4. The minimum atomic E-state index is -0.246. The Bertz CT molecular complexity index is 1420. The molecule has 4 aromatic rings. The van der Waals surface area contributed by atoms with Crippen LogP contribution in [0.4, 0.5) is 11.4 Å². The van der Waals surface area contributed by atoms with E-state index >= 15 is 0 Å². The maximum absolute atomic E-state index is 12.0. The van der Waals surface area contributed by atoms with Crippen molar-refractivity contribution in [1.82, 2.24) is 14.9 Å². The zero-order valence-electron chi connectivity index (χ0n) is 20.6. The molecule has 0 spiro atoms. The Kier molecular flexibility index (Phi) is 6.81. The van der Waals surface area contributed by atoms with Gasteiger partial charge in [0, 0.05) is 54.7 Å². The van der Waals surface area contributed by atoms with E-state index in [-0.39, 0.29) is 5.91 Å². The number of aromatic nitrogens is 2. The first kappa shape index (κ1) is 24.1. The molecule has 1 fully saturated rings. The summed E-state index contributed by atoms with van der Waals surface area (Å²) < 4.78 is 0. The van der Waals surface area contributed by atoms with Crippen molar-refractivity contribution < 1.29 is 4.79 Å². The number of piperazine rings is 1. The first-order valence-electron chi connectivity index (χ1n) is 12.3. The Morgan fingerprint density at radius 2 is 1.83 bits per heavy atom. The lowest BCUT2D eigenvalue weighted by molar-refractivity contribution is -0.111. The van der Waals surface area contributed by atoms with Crippen molar-refractivity contribution in [2.75, 3.05) is 42.9 Å². The summed E-state index contributed by atoms with van der Waals surface area (Å²) in [6.45, 7) is 13.1. The van der Waals surface area contributed by atoms with Gasteiger partial charge in [0.1, 0.15) is 5.65 Å². The van der Waals surface area contributed by atoms with Crippen molar-refractivity contribution >= 4 is 39.9 Å². The molecule has 1 aliphatic heterocycles. The molecule has 7 heteroatoms. The number of pyridine rings is 1. The number of carbonyl (C=O) groups is 1. The maximum atomic E-state index is 12.0. The molecule has 36 heavy (non-hydrogen) atoms. The number of benzene rings is 2. The number of nitrogens with one attached hydrogen (secondary N) is 2. The van der Waals surface area contributed by atoms with Crippen LogP contribution in [0.15, 0.2) is 67.4 Å². The first-order valence-corrected chi connectivity index (χ1v) is 12.6. The van der Waals surface area contributed by atoms with Crippen molar-refractivity contribution in [3.05, 3.63) is 78.0 Å². The van der Waals surface area contributed by atoms with Gasteiger partial charge >= 0.3 is 0 Å². The van der Waals surface area contributed by atoms with E-state index in [1.165, 1.54) is 11.8 Å². The standard InChI is InChI=1S/C29H30ClN5O/c1-4-25(36)32-24-18-21(7-6-19(24)3)26-27-23(30)12-13-31-29(27)33-28(26)20-8-10-22(11-9-20)35-16-14-34(5-2)15-17-35/h4,6-13,18H,1,5,14-17H2,2-3H3,(H,31,33)(H,32,36). The number of aryl methyl sites for hydroxylation is 1. The Labute approximate surface area is 216 Å². The molecule has 0 radical (unpaired) electrons. The van der Waals surface area contributed by atoms with E-state index in [2.05, 4.69) is 68.9 Å².